The Morgan fingerprint density at radius 3 is 3.12 bits per heavy atom. The molecule has 0 amide bonds. The fourth-order valence-corrected chi connectivity index (χ4v) is 1.73. The molecule has 3 nitrogen and oxygen atoms in total. The highest BCUT2D eigenvalue weighted by Crippen LogP contribution is 2.27. The van der Waals surface area contributed by atoms with Gasteiger partial charge in [0.15, 0.2) is 6.10 Å². The first-order valence-corrected chi connectivity index (χ1v) is 6.14. The fraction of sp³-hybridized carbons (Fsp3) is 0.167. The van der Waals surface area contributed by atoms with Gasteiger partial charge in [-0.05, 0) is 18.2 Å². The number of carbonyl (C=O) groups is 1. The molecule has 0 spiro atoms. The Bertz CT molecular complexity index is 506. The SMILES string of the molecule is O=C1O[C@@H](C=C=CBr)COc2cc(Cl)ccc21. The number of carbonyl (C=O) groups excluding carboxylic acids is 1. The lowest BCUT2D eigenvalue weighted by atomic mass is 10.2. The van der Waals surface area contributed by atoms with Gasteiger partial charge >= 0.3 is 5.97 Å². The molecule has 1 aliphatic heterocycles. The van der Waals surface area contributed by atoms with Crippen molar-refractivity contribution in [2.24, 2.45) is 0 Å². The van der Waals surface area contributed by atoms with Crippen molar-refractivity contribution >= 4 is 33.5 Å². The van der Waals surface area contributed by atoms with Gasteiger partial charge in [0, 0.05) is 16.1 Å². The third-order valence-corrected chi connectivity index (χ3v) is 2.67. The molecule has 0 radical (unpaired) electrons. The Morgan fingerprint density at radius 1 is 1.53 bits per heavy atom. The first kappa shape index (κ1) is 12.2. The average molecular weight is 316 g/mol. The molecule has 0 fully saturated rings. The molecular formula is C12H8BrClO3. The molecule has 0 bridgehead atoms. The quantitative estimate of drug-likeness (QED) is 0.589. The molecular weight excluding hydrogens is 307 g/mol. The summed E-state index contributed by atoms with van der Waals surface area (Å²) in [6, 6.07) is 4.82. The zero-order valence-electron chi connectivity index (χ0n) is 8.65. The van der Waals surface area contributed by atoms with Gasteiger partial charge in [0.25, 0.3) is 0 Å². The molecule has 0 saturated heterocycles. The predicted molar refractivity (Wildman–Crippen MR) is 67.7 cm³/mol. The van der Waals surface area contributed by atoms with Gasteiger partial charge in [-0.1, -0.05) is 27.5 Å². The van der Waals surface area contributed by atoms with Gasteiger partial charge in [0.1, 0.15) is 17.9 Å². The van der Waals surface area contributed by atoms with Crippen LogP contribution in [0.15, 0.2) is 35.0 Å². The molecule has 0 aliphatic carbocycles. The van der Waals surface area contributed by atoms with E-state index in [1.807, 2.05) is 0 Å². The van der Waals surface area contributed by atoms with Crippen LogP contribution in [0.25, 0.3) is 0 Å². The molecule has 88 valence electrons. The van der Waals surface area contributed by atoms with E-state index in [-0.39, 0.29) is 6.61 Å². The molecule has 1 atom stereocenters. The summed E-state index contributed by atoms with van der Waals surface area (Å²) < 4.78 is 10.7. The third kappa shape index (κ3) is 2.91. The first-order chi connectivity index (χ1) is 8.20. The molecule has 17 heavy (non-hydrogen) atoms. The highest BCUT2D eigenvalue weighted by atomic mass is 79.9. The van der Waals surface area contributed by atoms with Crippen molar-refractivity contribution in [2.45, 2.75) is 6.10 Å². The molecule has 0 saturated carbocycles. The average Bonchev–Trinajstić information content (AvgIpc) is 2.46. The molecule has 0 aromatic heterocycles. The Balaban J connectivity index is 2.29. The van der Waals surface area contributed by atoms with Crippen LogP contribution in [0.2, 0.25) is 5.02 Å². The summed E-state index contributed by atoms with van der Waals surface area (Å²) in [5.41, 5.74) is 3.17. The number of halogens is 2. The summed E-state index contributed by atoms with van der Waals surface area (Å²) in [7, 11) is 0. The Hall–Kier alpha value is -1.22. The van der Waals surface area contributed by atoms with Crippen molar-refractivity contribution in [3.8, 4) is 5.75 Å². The number of hydrogen-bond acceptors (Lipinski definition) is 3. The number of rotatable bonds is 1. The number of ether oxygens (including phenoxy) is 2. The van der Waals surface area contributed by atoms with Crippen molar-refractivity contribution in [2.75, 3.05) is 6.61 Å². The number of fused-ring (bicyclic) bond motifs is 1. The molecule has 5 heteroatoms. The lowest BCUT2D eigenvalue weighted by molar-refractivity contribution is 0.0354. The van der Waals surface area contributed by atoms with Crippen LogP contribution in [0, 0.1) is 0 Å². The van der Waals surface area contributed by atoms with Crippen LogP contribution in [-0.2, 0) is 4.74 Å². The van der Waals surface area contributed by atoms with Crippen molar-refractivity contribution in [3.63, 3.8) is 0 Å². The normalized spacial score (nSPS) is 18.0. The van der Waals surface area contributed by atoms with Gasteiger partial charge in [-0.15, -0.1) is 5.73 Å². The largest absolute Gasteiger partial charge is 0.488 e. The zero-order valence-corrected chi connectivity index (χ0v) is 11.0. The van der Waals surface area contributed by atoms with Gasteiger partial charge in [-0.2, -0.15) is 0 Å². The van der Waals surface area contributed by atoms with Gasteiger partial charge in [0.05, 0.1) is 0 Å². The van der Waals surface area contributed by atoms with Crippen LogP contribution in [0.4, 0.5) is 0 Å². The van der Waals surface area contributed by atoms with E-state index >= 15 is 0 Å². The van der Waals surface area contributed by atoms with Gasteiger partial charge in [-0.3, -0.25) is 0 Å². The Morgan fingerprint density at radius 2 is 2.35 bits per heavy atom. The number of benzene rings is 1. The predicted octanol–water partition coefficient (Wildman–Crippen LogP) is 3.32. The van der Waals surface area contributed by atoms with Crippen LogP contribution in [0.1, 0.15) is 10.4 Å². The maximum absolute atomic E-state index is 11.8. The van der Waals surface area contributed by atoms with Crippen LogP contribution < -0.4 is 4.74 Å². The molecule has 1 aromatic carbocycles. The smallest absolute Gasteiger partial charge is 0.342 e. The van der Waals surface area contributed by atoms with Crippen LogP contribution in [-0.4, -0.2) is 18.7 Å². The maximum Gasteiger partial charge on any atom is 0.342 e. The lowest BCUT2D eigenvalue weighted by Crippen LogP contribution is -2.18. The van der Waals surface area contributed by atoms with Crippen molar-refractivity contribution < 1.29 is 14.3 Å². The van der Waals surface area contributed by atoms with E-state index in [0.29, 0.717) is 16.3 Å². The van der Waals surface area contributed by atoms with Crippen molar-refractivity contribution in [3.05, 3.63) is 45.6 Å². The summed E-state index contributed by atoms with van der Waals surface area (Å²) in [5.74, 6) is 0.0213. The molecule has 0 N–H and O–H groups in total. The van der Waals surface area contributed by atoms with Crippen LogP contribution in [0.5, 0.6) is 5.75 Å². The van der Waals surface area contributed by atoms with Crippen LogP contribution in [0.3, 0.4) is 0 Å². The van der Waals surface area contributed by atoms with E-state index in [1.54, 1.807) is 29.3 Å². The van der Waals surface area contributed by atoms with Gasteiger partial charge < -0.3 is 9.47 Å². The summed E-state index contributed by atoms with van der Waals surface area (Å²) in [5, 5.41) is 0.519. The van der Waals surface area contributed by atoms with Crippen LogP contribution >= 0.6 is 27.5 Å². The van der Waals surface area contributed by atoms with E-state index < -0.39 is 12.1 Å². The van der Waals surface area contributed by atoms with E-state index in [2.05, 4.69) is 21.7 Å². The van der Waals surface area contributed by atoms with Gasteiger partial charge in [-0.25, -0.2) is 4.79 Å². The summed E-state index contributed by atoms with van der Waals surface area (Å²) in [6.07, 6.45) is 1.16. The standard InChI is InChI=1S/C12H8BrClO3/c13-5-1-2-9-7-16-11-6-8(14)3-4-10(11)12(15)17-9/h2-6,9H,7H2/t1?,9-/m0/s1. The molecule has 2 rings (SSSR count). The summed E-state index contributed by atoms with van der Waals surface area (Å²) in [6.45, 7) is 0.243. The minimum atomic E-state index is -0.456. The number of hydrogen-bond donors (Lipinski definition) is 0. The Labute approximate surface area is 112 Å². The second-order valence-corrected chi connectivity index (χ2v) is 4.23. The monoisotopic (exact) mass is 314 g/mol. The third-order valence-electron chi connectivity index (χ3n) is 2.17. The lowest BCUT2D eigenvalue weighted by Gasteiger charge is -2.08. The Kier molecular flexibility index (Phi) is 3.89. The number of cyclic esters (lactones) is 1. The molecule has 0 unspecified atom stereocenters. The van der Waals surface area contributed by atoms with Gasteiger partial charge in [0.2, 0.25) is 0 Å². The maximum atomic E-state index is 11.8. The highest BCUT2D eigenvalue weighted by molar-refractivity contribution is 9.11. The second kappa shape index (κ2) is 5.41. The molecule has 1 aliphatic rings. The topological polar surface area (TPSA) is 35.5 Å². The summed E-state index contributed by atoms with van der Waals surface area (Å²) in [4.78, 5) is 13.3. The van der Waals surface area contributed by atoms with Crippen molar-refractivity contribution in [1.29, 1.82) is 0 Å². The molecule has 1 heterocycles. The fourth-order valence-electron chi connectivity index (χ4n) is 1.42. The van der Waals surface area contributed by atoms with E-state index in [4.69, 9.17) is 21.1 Å². The zero-order chi connectivity index (χ0) is 12.3. The van der Waals surface area contributed by atoms with E-state index in [9.17, 15) is 4.79 Å². The minimum absolute atomic E-state index is 0.243. The van der Waals surface area contributed by atoms with Crippen molar-refractivity contribution in [1.82, 2.24) is 0 Å². The second-order valence-electron chi connectivity index (χ2n) is 3.34. The van der Waals surface area contributed by atoms with E-state index in [1.165, 1.54) is 0 Å². The minimum Gasteiger partial charge on any atom is -0.488 e. The first-order valence-electron chi connectivity index (χ1n) is 4.85. The highest BCUT2D eigenvalue weighted by Gasteiger charge is 2.23. The number of esters is 1. The van der Waals surface area contributed by atoms with E-state index in [0.717, 1.165) is 0 Å². The summed E-state index contributed by atoms with van der Waals surface area (Å²) >= 11 is 8.92. The molecule has 1 aromatic rings.